The number of rotatable bonds is 6. The second-order valence-electron chi connectivity index (χ2n) is 20.1. The number of anilines is 4. The third-order valence-corrected chi connectivity index (χ3v) is 12.5. The first-order valence-electron chi connectivity index (χ1n) is 26.3. The van der Waals surface area contributed by atoms with Crippen LogP contribution in [0, 0.1) is 18.8 Å². The number of ether oxygens (including phenoxy) is 1. The number of para-hydroxylation sites is 5. The molecule has 0 fully saturated rings. The average Bonchev–Trinajstić information content (AvgIpc) is 4.04. The molecular formula is C60H54N5OPt-3. The van der Waals surface area contributed by atoms with E-state index in [1.54, 1.807) is 22.9 Å². The minimum absolute atomic E-state index is 0. The zero-order chi connectivity index (χ0) is 52.7. The molecule has 0 saturated heterocycles. The molecule has 0 amide bonds. The Morgan fingerprint density at radius 2 is 1.15 bits per heavy atom. The van der Waals surface area contributed by atoms with E-state index in [1.807, 2.05) is 65.2 Å². The van der Waals surface area contributed by atoms with Crippen LogP contribution in [-0.2, 0) is 37.3 Å². The molecule has 7 heteroatoms. The normalized spacial score (nSPS) is 14.9. The minimum atomic E-state index is -0.518. The second kappa shape index (κ2) is 16.3. The van der Waals surface area contributed by atoms with Crippen molar-refractivity contribution in [1.82, 2.24) is 14.1 Å². The van der Waals surface area contributed by atoms with Crippen molar-refractivity contribution in [3.05, 3.63) is 193 Å². The number of aromatic nitrogens is 3. The Morgan fingerprint density at radius 3 is 1.81 bits per heavy atom. The van der Waals surface area contributed by atoms with Crippen LogP contribution >= 0.6 is 0 Å². The Labute approximate surface area is 420 Å². The summed E-state index contributed by atoms with van der Waals surface area (Å²) in [4.78, 5) is 9.21. The van der Waals surface area contributed by atoms with Crippen LogP contribution in [0.3, 0.4) is 0 Å². The smallest absolute Gasteiger partial charge is 0.135 e. The molecule has 7 aromatic carbocycles. The fraction of sp³-hybridized carbons (Fsp3) is 0.200. The Morgan fingerprint density at radius 1 is 0.537 bits per heavy atom. The molecule has 0 unspecified atom stereocenters. The van der Waals surface area contributed by atoms with Crippen LogP contribution in [-0.4, -0.2) is 14.1 Å². The van der Waals surface area contributed by atoms with Gasteiger partial charge in [0.15, 0.2) is 0 Å². The van der Waals surface area contributed by atoms with E-state index in [9.17, 15) is 5.48 Å². The SMILES string of the molecule is [2H]c1c([2H])c([2H])c2c(c1[2H])c1c([2H])c([2H])c([2H])c([2H])c1n2-c1cc(Oc2[c-]c(N3[CH-]N(c4cc(C(C)(C)C)cc(C(C)(C)C)c4)c4ccccc43)ccc2)[c-]c2c1c1ccccc1n2-c1cc(C(C)(C)C)ccn1.[Pt]. The molecule has 3 aromatic heterocycles. The molecule has 0 N–H and O–H groups in total. The van der Waals surface area contributed by atoms with Gasteiger partial charge in [0, 0.05) is 72.1 Å². The molecule has 10 aromatic rings. The molecule has 6 nitrogen and oxygen atoms in total. The predicted molar refractivity (Wildman–Crippen MR) is 275 cm³/mol. The third kappa shape index (κ3) is 7.70. The van der Waals surface area contributed by atoms with Crippen molar-refractivity contribution >= 4 is 66.4 Å². The van der Waals surface area contributed by atoms with Crippen molar-refractivity contribution in [2.45, 2.75) is 78.6 Å². The fourth-order valence-electron chi connectivity index (χ4n) is 8.99. The first kappa shape index (κ1) is 35.6. The number of pyridine rings is 1. The van der Waals surface area contributed by atoms with E-state index in [1.165, 1.54) is 11.1 Å². The van der Waals surface area contributed by atoms with Crippen LogP contribution in [0.2, 0.25) is 0 Å². The summed E-state index contributed by atoms with van der Waals surface area (Å²) in [6.07, 6.45) is 1.78. The number of hydrogen-bond donors (Lipinski definition) is 0. The summed E-state index contributed by atoms with van der Waals surface area (Å²) in [5, 5.41) is 1.27. The maximum Gasteiger partial charge on any atom is 0.135 e. The average molecular weight is 1060 g/mol. The molecule has 67 heavy (non-hydrogen) atoms. The molecule has 11 rings (SSSR count). The van der Waals surface area contributed by atoms with Gasteiger partial charge in [-0.25, -0.2) is 4.98 Å². The van der Waals surface area contributed by atoms with Crippen LogP contribution in [0.5, 0.6) is 11.5 Å². The van der Waals surface area contributed by atoms with E-state index in [4.69, 9.17) is 15.2 Å². The standard InChI is InChI=1S/C60H54N5O.Pt/c1-58(2,3)39-29-30-61-56(34-39)65-51-26-15-12-23-48(51)57-54(64-49-24-13-10-21-46(49)47-22-11-14-25-50(47)64)36-45(37-55(57)65)66-44-20-18-19-42(35-44)62-38-63(53-28-17-16-27-52(53)62)43-32-40(59(4,5)6)31-41(33-43)60(7,8)9;/h10-34,36,38H,1-9H3;/q-3;/i10D,11D,13D,14D,21D,22D,24D,25D;. The van der Waals surface area contributed by atoms with Crippen LogP contribution < -0.4 is 14.5 Å². The molecule has 1 aliphatic heterocycles. The van der Waals surface area contributed by atoms with Crippen molar-refractivity contribution in [3.8, 4) is 23.0 Å². The summed E-state index contributed by atoms with van der Waals surface area (Å²) in [5.41, 5.74) is 8.37. The predicted octanol–water partition coefficient (Wildman–Crippen LogP) is 16.0. The zero-order valence-corrected chi connectivity index (χ0v) is 41.2. The van der Waals surface area contributed by atoms with Gasteiger partial charge >= 0.3 is 0 Å². The fourth-order valence-corrected chi connectivity index (χ4v) is 8.99. The van der Waals surface area contributed by atoms with Gasteiger partial charge in [-0.1, -0.05) is 146 Å². The maximum atomic E-state index is 9.43. The van der Waals surface area contributed by atoms with Gasteiger partial charge in [-0.15, -0.1) is 42.7 Å². The molecule has 0 aliphatic carbocycles. The van der Waals surface area contributed by atoms with Crippen LogP contribution in [0.1, 0.15) is 90.0 Å². The Bertz CT molecular complexity index is 3890. The van der Waals surface area contributed by atoms with Gasteiger partial charge < -0.3 is 23.7 Å². The van der Waals surface area contributed by atoms with Gasteiger partial charge in [-0.3, -0.25) is 0 Å². The third-order valence-electron chi connectivity index (χ3n) is 12.5. The summed E-state index contributed by atoms with van der Waals surface area (Å²) >= 11 is 0. The van der Waals surface area contributed by atoms with Gasteiger partial charge in [0.2, 0.25) is 0 Å². The van der Waals surface area contributed by atoms with Gasteiger partial charge in [0.1, 0.15) is 5.82 Å². The van der Waals surface area contributed by atoms with E-state index in [2.05, 4.69) is 121 Å². The number of benzene rings is 7. The molecule has 0 atom stereocenters. The van der Waals surface area contributed by atoms with E-state index >= 15 is 0 Å². The Balaban J connectivity index is 0.00000641. The van der Waals surface area contributed by atoms with E-state index < -0.39 is 48.3 Å². The quantitative estimate of drug-likeness (QED) is 0.156. The van der Waals surface area contributed by atoms with Crippen molar-refractivity contribution in [3.63, 3.8) is 0 Å². The molecule has 1 aliphatic rings. The van der Waals surface area contributed by atoms with E-state index in [0.717, 1.165) is 33.5 Å². The molecule has 0 bridgehead atoms. The summed E-state index contributed by atoms with van der Waals surface area (Å²) < 4.78 is 82.9. The van der Waals surface area contributed by atoms with Crippen molar-refractivity contribution < 1.29 is 36.8 Å². The van der Waals surface area contributed by atoms with Crippen LogP contribution in [0.4, 0.5) is 22.7 Å². The first-order chi connectivity index (χ1) is 34.9. The van der Waals surface area contributed by atoms with Gasteiger partial charge in [0.05, 0.1) is 22.0 Å². The summed E-state index contributed by atoms with van der Waals surface area (Å²) in [6.45, 7) is 21.9. The largest absolute Gasteiger partial charge is 0.509 e. The monoisotopic (exact) mass is 1060 g/mol. The number of fused-ring (bicyclic) bond motifs is 7. The molecule has 0 saturated carbocycles. The summed E-state index contributed by atoms with van der Waals surface area (Å²) in [6, 6.07) is 37.7. The minimum Gasteiger partial charge on any atom is -0.509 e. The zero-order valence-electron chi connectivity index (χ0n) is 46.9. The first-order valence-corrected chi connectivity index (χ1v) is 22.3. The molecule has 338 valence electrons. The Kier molecular flexibility index (Phi) is 8.66. The van der Waals surface area contributed by atoms with E-state index in [0.29, 0.717) is 33.8 Å². The van der Waals surface area contributed by atoms with E-state index in [-0.39, 0.29) is 64.9 Å². The Hall–Kier alpha value is -6.62. The molecule has 0 radical (unpaired) electrons. The van der Waals surface area contributed by atoms with Crippen LogP contribution in [0.15, 0.2) is 158 Å². The summed E-state index contributed by atoms with van der Waals surface area (Å²) in [5.74, 6) is 1.15. The molecular weight excluding hydrogens is 1000 g/mol. The van der Waals surface area contributed by atoms with Crippen molar-refractivity contribution in [2.75, 3.05) is 9.80 Å². The van der Waals surface area contributed by atoms with Crippen LogP contribution in [0.25, 0.3) is 55.1 Å². The van der Waals surface area contributed by atoms with Crippen molar-refractivity contribution in [1.29, 1.82) is 0 Å². The summed E-state index contributed by atoms with van der Waals surface area (Å²) in [7, 11) is 0. The van der Waals surface area contributed by atoms with Gasteiger partial charge in [-0.05, 0) is 98.6 Å². The molecule has 0 spiro atoms. The number of hydrogen-bond acceptors (Lipinski definition) is 4. The maximum absolute atomic E-state index is 9.43. The number of nitrogens with zero attached hydrogens (tertiary/aromatic N) is 5. The molecule has 4 heterocycles. The van der Waals surface area contributed by atoms with Gasteiger partial charge in [-0.2, -0.15) is 6.07 Å². The van der Waals surface area contributed by atoms with Gasteiger partial charge in [0.25, 0.3) is 0 Å². The second-order valence-corrected chi connectivity index (χ2v) is 20.1. The van der Waals surface area contributed by atoms with Crippen molar-refractivity contribution in [2.24, 2.45) is 0 Å². The topological polar surface area (TPSA) is 38.5 Å².